The minimum Gasteiger partial charge on any atom is -0.307 e. The summed E-state index contributed by atoms with van der Waals surface area (Å²) < 4.78 is 0. The number of amides is 1. The number of carbonyl (C=O) groups is 1. The Hall–Kier alpha value is -3.41. The van der Waals surface area contributed by atoms with Crippen molar-refractivity contribution in [1.29, 1.82) is 0 Å². The molecule has 2 aromatic heterocycles. The van der Waals surface area contributed by atoms with Crippen molar-refractivity contribution in [2.24, 2.45) is 10.2 Å². The van der Waals surface area contributed by atoms with Crippen molar-refractivity contribution in [3.8, 4) is 0 Å². The molecule has 23 heavy (non-hydrogen) atoms. The minimum absolute atomic E-state index is 0.225. The van der Waals surface area contributed by atoms with Gasteiger partial charge in [-0.25, -0.2) is 9.97 Å². The molecule has 1 N–H and O–H groups in total. The van der Waals surface area contributed by atoms with Gasteiger partial charge in [-0.15, -0.1) is 10.2 Å². The molecule has 0 bridgehead atoms. The van der Waals surface area contributed by atoms with Gasteiger partial charge in [-0.3, -0.25) is 4.79 Å². The fourth-order valence-corrected chi connectivity index (χ4v) is 1.83. The second-order valence-corrected chi connectivity index (χ2v) is 4.60. The smallest absolute Gasteiger partial charge is 0.256 e. The van der Waals surface area contributed by atoms with E-state index < -0.39 is 0 Å². The Balaban J connectivity index is 1.67. The molecule has 3 aromatic rings. The van der Waals surface area contributed by atoms with Gasteiger partial charge in [0.2, 0.25) is 0 Å². The molecule has 0 aliphatic heterocycles. The van der Waals surface area contributed by atoms with E-state index in [1.54, 1.807) is 54.9 Å². The maximum absolute atomic E-state index is 12.1. The Labute approximate surface area is 133 Å². The lowest BCUT2D eigenvalue weighted by molar-refractivity contribution is 0.102. The van der Waals surface area contributed by atoms with Crippen LogP contribution in [0.3, 0.4) is 0 Å². The fraction of sp³-hybridized carbons (Fsp3) is 0. The molecule has 0 aliphatic rings. The third kappa shape index (κ3) is 4.04. The maximum atomic E-state index is 12.1. The lowest BCUT2D eigenvalue weighted by Gasteiger charge is -2.03. The van der Waals surface area contributed by atoms with Gasteiger partial charge < -0.3 is 5.32 Å². The summed E-state index contributed by atoms with van der Waals surface area (Å²) in [6.45, 7) is 0. The van der Waals surface area contributed by atoms with Gasteiger partial charge in [0.05, 0.1) is 5.69 Å². The average molecular weight is 303 g/mol. The molecule has 2 heterocycles. The summed E-state index contributed by atoms with van der Waals surface area (Å²) in [4.78, 5) is 20.2. The predicted molar refractivity (Wildman–Crippen MR) is 87.0 cm³/mol. The van der Waals surface area contributed by atoms with Crippen LogP contribution in [0.1, 0.15) is 10.4 Å². The molecular formula is C17H13N5O. The zero-order chi connectivity index (χ0) is 15.9. The first-order valence-corrected chi connectivity index (χ1v) is 6.96. The summed E-state index contributed by atoms with van der Waals surface area (Å²) in [5, 5.41) is 10.8. The van der Waals surface area contributed by atoms with E-state index in [1.165, 1.54) is 0 Å². The molecule has 1 amide bonds. The van der Waals surface area contributed by atoms with Crippen LogP contribution >= 0.6 is 0 Å². The monoisotopic (exact) mass is 303 g/mol. The summed E-state index contributed by atoms with van der Waals surface area (Å²) in [6, 6.07) is 17.6. The number of hydrogen-bond acceptors (Lipinski definition) is 5. The predicted octanol–water partition coefficient (Wildman–Crippen LogP) is 4.14. The SMILES string of the molecule is O=C(Nc1ccccn1)c1ccc(/N=N/c2ccccn2)cc1. The second kappa shape index (κ2) is 7.04. The van der Waals surface area contributed by atoms with Crippen LogP contribution in [0.2, 0.25) is 0 Å². The highest BCUT2D eigenvalue weighted by Gasteiger charge is 2.06. The van der Waals surface area contributed by atoms with Crippen molar-refractivity contribution < 1.29 is 4.79 Å². The van der Waals surface area contributed by atoms with Crippen LogP contribution in [0.25, 0.3) is 0 Å². The standard InChI is InChI=1S/C17H13N5O/c23-17(20-15-5-1-3-11-18-15)13-7-9-14(10-8-13)21-22-16-6-2-4-12-19-16/h1-12H,(H,18,20,23)/b22-21+. The topological polar surface area (TPSA) is 79.6 Å². The quantitative estimate of drug-likeness (QED) is 0.735. The number of benzene rings is 1. The summed E-state index contributed by atoms with van der Waals surface area (Å²) in [6.07, 6.45) is 3.27. The van der Waals surface area contributed by atoms with Gasteiger partial charge >= 0.3 is 0 Å². The highest BCUT2D eigenvalue weighted by Crippen LogP contribution is 2.17. The van der Waals surface area contributed by atoms with Crippen LogP contribution in [-0.4, -0.2) is 15.9 Å². The molecule has 0 saturated carbocycles. The van der Waals surface area contributed by atoms with E-state index in [1.807, 2.05) is 18.2 Å². The Morgan fingerprint density at radius 2 is 1.57 bits per heavy atom. The second-order valence-electron chi connectivity index (χ2n) is 4.60. The van der Waals surface area contributed by atoms with Gasteiger partial charge in [0, 0.05) is 18.0 Å². The molecule has 6 heteroatoms. The van der Waals surface area contributed by atoms with Crippen LogP contribution in [0, 0.1) is 0 Å². The van der Waals surface area contributed by atoms with Crippen molar-refractivity contribution >= 4 is 23.2 Å². The first-order chi connectivity index (χ1) is 11.3. The molecule has 0 saturated heterocycles. The third-order valence-corrected chi connectivity index (χ3v) is 2.95. The number of hydrogen-bond donors (Lipinski definition) is 1. The van der Waals surface area contributed by atoms with Gasteiger partial charge in [0.25, 0.3) is 5.91 Å². The molecule has 0 fully saturated rings. The molecule has 3 rings (SSSR count). The van der Waals surface area contributed by atoms with Gasteiger partial charge in [0.1, 0.15) is 5.82 Å². The first-order valence-electron chi connectivity index (χ1n) is 6.96. The Morgan fingerprint density at radius 1 is 0.826 bits per heavy atom. The highest BCUT2D eigenvalue weighted by molar-refractivity contribution is 6.03. The molecule has 0 atom stereocenters. The van der Waals surface area contributed by atoms with Gasteiger partial charge in [-0.1, -0.05) is 12.1 Å². The number of nitrogens with one attached hydrogen (secondary N) is 1. The van der Waals surface area contributed by atoms with Crippen molar-refractivity contribution in [1.82, 2.24) is 9.97 Å². The van der Waals surface area contributed by atoms with E-state index in [9.17, 15) is 4.79 Å². The molecule has 1 aromatic carbocycles. The summed E-state index contributed by atoms with van der Waals surface area (Å²) in [5.41, 5.74) is 1.16. The maximum Gasteiger partial charge on any atom is 0.256 e. The molecule has 112 valence electrons. The summed E-state index contributed by atoms with van der Waals surface area (Å²) >= 11 is 0. The number of carbonyl (C=O) groups excluding carboxylic acids is 1. The fourth-order valence-electron chi connectivity index (χ4n) is 1.83. The van der Waals surface area contributed by atoms with Crippen LogP contribution in [0.4, 0.5) is 17.3 Å². The number of pyridine rings is 2. The van der Waals surface area contributed by atoms with Crippen LogP contribution in [0.15, 0.2) is 83.3 Å². The van der Waals surface area contributed by atoms with E-state index in [4.69, 9.17) is 0 Å². The van der Waals surface area contributed by atoms with E-state index in [0.29, 0.717) is 22.9 Å². The molecule has 0 spiro atoms. The number of azo groups is 1. The lowest BCUT2D eigenvalue weighted by atomic mass is 10.2. The Morgan fingerprint density at radius 3 is 2.22 bits per heavy atom. The zero-order valence-corrected chi connectivity index (χ0v) is 12.1. The van der Waals surface area contributed by atoms with Gasteiger partial charge in [-0.2, -0.15) is 0 Å². The largest absolute Gasteiger partial charge is 0.307 e. The number of anilines is 1. The van der Waals surface area contributed by atoms with E-state index in [2.05, 4.69) is 25.5 Å². The van der Waals surface area contributed by atoms with Crippen molar-refractivity contribution in [3.63, 3.8) is 0 Å². The molecule has 6 nitrogen and oxygen atoms in total. The third-order valence-electron chi connectivity index (χ3n) is 2.95. The number of nitrogens with zero attached hydrogens (tertiary/aromatic N) is 4. The van der Waals surface area contributed by atoms with Crippen LogP contribution in [-0.2, 0) is 0 Å². The zero-order valence-electron chi connectivity index (χ0n) is 12.1. The molecule has 0 radical (unpaired) electrons. The average Bonchev–Trinajstić information content (AvgIpc) is 2.62. The normalized spacial score (nSPS) is 10.6. The molecule has 0 aliphatic carbocycles. The van der Waals surface area contributed by atoms with E-state index in [-0.39, 0.29) is 5.91 Å². The summed E-state index contributed by atoms with van der Waals surface area (Å²) in [7, 11) is 0. The van der Waals surface area contributed by atoms with Crippen LogP contribution < -0.4 is 5.32 Å². The Bertz CT molecular complexity index is 801. The molecular weight excluding hydrogens is 290 g/mol. The van der Waals surface area contributed by atoms with Crippen LogP contribution in [0.5, 0.6) is 0 Å². The van der Waals surface area contributed by atoms with Crippen molar-refractivity contribution in [2.45, 2.75) is 0 Å². The molecule has 0 unspecified atom stereocenters. The van der Waals surface area contributed by atoms with Gasteiger partial charge in [-0.05, 0) is 48.5 Å². The van der Waals surface area contributed by atoms with E-state index >= 15 is 0 Å². The minimum atomic E-state index is -0.225. The highest BCUT2D eigenvalue weighted by atomic mass is 16.1. The van der Waals surface area contributed by atoms with E-state index in [0.717, 1.165) is 0 Å². The summed E-state index contributed by atoms with van der Waals surface area (Å²) in [5.74, 6) is 0.817. The number of rotatable bonds is 4. The first kappa shape index (κ1) is 14.5. The van der Waals surface area contributed by atoms with Crippen molar-refractivity contribution in [2.75, 3.05) is 5.32 Å². The number of aromatic nitrogens is 2. The Kier molecular flexibility index (Phi) is 4.44. The van der Waals surface area contributed by atoms with Crippen molar-refractivity contribution in [3.05, 3.63) is 78.6 Å². The lowest BCUT2D eigenvalue weighted by Crippen LogP contribution is -2.12. The van der Waals surface area contributed by atoms with Gasteiger partial charge in [0.15, 0.2) is 5.82 Å².